The van der Waals surface area contributed by atoms with Crippen molar-refractivity contribution in [2.45, 2.75) is 40.9 Å². The number of halogens is 4. The monoisotopic (exact) mass is 937 g/mol. The highest BCUT2D eigenvalue weighted by Gasteiger charge is 2.16. The minimum atomic E-state index is -1.12. The molecule has 1 atom stereocenters. The number of carbonyl (C=O) groups is 2. The third kappa shape index (κ3) is 15.5. The van der Waals surface area contributed by atoms with E-state index in [0.29, 0.717) is 62.1 Å². The van der Waals surface area contributed by atoms with E-state index in [1.807, 2.05) is 0 Å². The van der Waals surface area contributed by atoms with Crippen molar-refractivity contribution >= 4 is 80.0 Å². The van der Waals surface area contributed by atoms with Gasteiger partial charge in [0.15, 0.2) is 42.5 Å². The lowest BCUT2D eigenvalue weighted by molar-refractivity contribution is -0.145. The van der Waals surface area contributed by atoms with Gasteiger partial charge in [0.2, 0.25) is 0 Å². The summed E-state index contributed by atoms with van der Waals surface area (Å²) >= 11 is 11.6. The van der Waals surface area contributed by atoms with E-state index in [9.17, 15) is 18.4 Å². The van der Waals surface area contributed by atoms with Gasteiger partial charge in [0.05, 0.1) is 41.9 Å². The zero-order chi connectivity index (χ0) is 45.2. The number of benzene rings is 4. The number of aromatic nitrogens is 4. The van der Waals surface area contributed by atoms with Gasteiger partial charge in [-0.1, -0.05) is 38.1 Å². The molecule has 3 heterocycles. The number of methoxy groups -OCH3 is 2. The first-order valence-corrected chi connectivity index (χ1v) is 19.1. The minimum absolute atomic E-state index is 0. The molecule has 1 unspecified atom stereocenters. The molecular formula is C43H52Cl2F2N6O11. The number of anilines is 4. The normalized spacial score (nSPS) is 12.2. The molecule has 2 aromatic heterocycles. The molecule has 64 heavy (non-hydrogen) atoms. The van der Waals surface area contributed by atoms with Gasteiger partial charge in [0.1, 0.15) is 35.9 Å². The quantitative estimate of drug-likeness (QED) is 0.0681. The van der Waals surface area contributed by atoms with Crippen LogP contribution in [0.5, 0.6) is 23.0 Å². The molecule has 1 fully saturated rings. The lowest BCUT2D eigenvalue weighted by Crippen LogP contribution is -2.15. The van der Waals surface area contributed by atoms with Crippen molar-refractivity contribution in [3.8, 4) is 23.0 Å². The van der Waals surface area contributed by atoms with Crippen molar-refractivity contribution in [1.29, 1.82) is 0 Å². The van der Waals surface area contributed by atoms with Crippen LogP contribution < -0.4 is 29.6 Å². The molecule has 1 aliphatic heterocycles. The number of carbonyl (C=O) groups excluding carboxylic acids is 1. The lowest BCUT2D eigenvalue weighted by atomic mass is 10.2. The Morgan fingerprint density at radius 3 is 1.59 bits per heavy atom. The molecule has 0 bridgehead atoms. The van der Waals surface area contributed by atoms with Crippen LogP contribution in [0.4, 0.5) is 31.8 Å². The number of hydrogen-bond donors (Lipinski definition) is 5. The first kappa shape index (κ1) is 53.8. The summed E-state index contributed by atoms with van der Waals surface area (Å²) in [6, 6.07) is 14.9. The molecule has 0 saturated carbocycles. The van der Waals surface area contributed by atoms with Gasteiger partial charge in [0.25, 0.3) is 0 Å². The second-order valence-corrected chi connectivity index (χ2v) is 13.1. The molecule has 21 heteroatoms. The molecule has 0 radical (unpaired) electrons. The first-order chi connectivity index (χ1) is 29.9. The number of aliphatic hydroxyl groups is 2. The molecule has 4 aromatic carbocycles. The number of esters is 1. The van der Waals surface area contributed by atoms with Crippen LogP contribution in [0.2, 0.25) is 10.0 Å². The number of aliphatic carboxylic acids is 1. The van der Waals surface area contributed by atoms with E-state index in [2.05, 4.69) is 30.6 Å². The third-order valence-electron chi connectivity index (χ3n) is 8.11. The topological polar surface area (TPSA) is 226 Å². The highest BCUT2D eigenvalue weighted by atomic mass is 35.5. The fourth-order valence-corrected chi connectivity index (χ4v) is 5.69. The van der Waals surface area contributed by atoms with Crippen molar-refractivity contribution in [1.82, 2.24) is 19.9 Å². The molecule has 7 rings (SSSR count). The highest BCUT2D eigenvalue weighted by molar-refractivity contribution is 6.31. The average Bonchev–Trinajstić information content (AvgIpc) is 3.76. The molecule has 1 aliphatic rings. The maximum Gasteiger partial charge on any atom is 0.344 e. The van der Waals surface area contributed by atoms with Gasteiger partial charge >= 0.3 is 11.9 Å². The van der Waals surface area contributed by atoms with Gasteiger partial charge in [-0.15, -0.1) is 0 Å². The number of rotatable bonds is 13. The Kier molecular flexibility index (Phi) is 22.6. The van der Waals surface area contributed by atoms with E-state index in [1.165, 1.54) is 63.3 Å². The summed E-state index contributed by atoms with van der Waals surface area (Å²) in [5.41, 5.74) is 2.22. The number of carboxylic acid groups (broad SMARTS) is 1. The molecule has 6 aromatic rings. The predicted octanol–water partition coefficient (Wildman–Crippen LogP) is 9.00. The smallest absolute Gasteiger partial charge is 0.344 e. The van der Waals surface area contributed by atoms with Gasteiger partial charge in [-0.05, 0) is 61.9 Å². The minimum Gasteiger partial charge on any atom is -0.493 e. The molecule has 1 saturated heterocycles. The number of nitrogens with zero attached hydrogens (tertiary/aromatic N) is 4. The molecule has 0 spiro atoms. The Morgan fingerprint density at radius 2 is 1.23 bits per heavy atom. The van der Waals surface area contributed by atoms with E-state index >= 15 is 0 Å². The molecule has 348 valence electrons. The van der Waals surface area contributed by atoms with Crippen LogP contribution in [0.25, 0.3) is 21.8 Å². The van der Waals surface area contributed by atoms with Crippen molar-refractivity contribution in [3.63, 3.8) is 0 Å². The van der Waals surface area contributed by atoms with Crippen LogP contribution in [0.1, 0.15) is 36.0 Å². The van der Waals surface area contributed by atoms with Gasteiger partial charge in [-0.25, -0.2) is 38.3 Å². The summed E-state index contributed by atoms with van der Waals surface area (Å²) in [6.45, 7) is 1.93. The van der Waals surface area contributed by atoms with Crippen LogP contribution in [0, 0.1) is 11.6 Å². The van der Waals surface area contributed by atoms with Crippen LogP contribution in [0.15, 0.2) is 73.3 Å². The maximum atomic E-state index is 13.4. The second kappa shape index (κ2) is 26.9. The summed E-state index contributed by atoms with van der Waals surface area (Å²) in [7, 11) is 3.93. The highest BCUT2D eigenvalue weighted by Crippen LogP contribution is 2.36. The van der Waals surface area contributed by atoms with Gasteiger partial charge in [0, 0.05) is 55.8 Å². The van der Waals surface area contributed by atoms with Crippen molar-refractivity contribution < 1.29 is 63.5 Å². The SMILES string of the molecule is C.C.CCOC(=O)COc1cc2c(Nc3ccc(F)c(Cl)c3)ncnc2cc1OC.CO.COc1cc2ncnc(Nc3ccc(F)c(Cl)c3)c2cc1OCC(=O)O.OC1CCCO1.[2HH]. The summed E-state index contributed by atoms with van der Waals surface area (Å²) in [6.07, 6.45) is 4.12. The summed E-state index contributed by atoms with van der Waals surface area (Å²) in [5, 5.41) is 31.6. The van der Waals surface area contributed by atoms with Gasteiger partial charge in [-0.3, -0.25) is 0 Å². The van der Waals surface area contributed by atoms with Crippen LogP contribution in [0.3, 0.4) is 0 Å². The van der Waals surface area contributed by atoms with Crippen molar-refractivity contribution in [3.05, 3.63) is 95.0 Å². The largest absolute Gasteiger partial charge is 0.493 e. The van der Waals surface area contributed by atoms with E-state index in [1.54, 1.807) is 31.2 Å². The predicted molar refractivity (Wildman–Crippen MR) is 242 cm³/mol. The fourth-order valence-electron chi connectivity index (χ4n) is 5.33. The second-order valence-electron chi connectivity index (χ2n) is 12.2. The first-order valence-electron chi connectivity index (χ1n) is 18.4. The maximum absolute atomic E-state index is 13.4. The summed E-state index contributed by atoms with van der Waals surface area (Å²) in [5.74, 6) is -0.464. The molecule has 5 N–H and O–H groups in total. The molecule has 17 nitrogen and oxygen atoms in total. The number of aliphatic hydroxyl groups excluding tert-OH is 2. The van der Waals surface area contributed by atoms with E-state index in [4.69, 9.17) is 66.9 Å². The van der Waals surface area contributed by atoms with E-state index < -0.39 is 36.5 Å². The van der Waals surface area contributed by atoms with Crippen LogP contribution >= 0.6 is 23.2 Å². The van der Waals surface area contributed by atoms with Crippen LogP contribution in [-0.4, -0.2) is 101 Å². The van der Waals surface area contributed by atoms with Crippen LogP contribution in [-0.2, 0) is 19.1 Å². The number of ether oxygens (including phenoxy) is 6. The van der Waals surface area contributed by atoms with Crippen molar-refractivity contribution in [2.75, 3.05) is 58.4 Å². The Bertz CT molecular complexity index is 2460. The Hall–Kier alpha value is -6.38. The average molecular weight is 939 g/mol. The molecule has 0 aliphatic carbocycles. The van der Waals surface area contributed by atoms with Gasteiger partial charge in [-0.2, -0.15) is 0 Å². The zero-order valence-corrected chi connectivity index (χ0v) is 35.2. The third-order valence-corrected chi connectivity index (χ3v) is 8.69. The standard InChI is InChI=1S/C19H17ClFN3O4.C17H13ClFN3O4.C4H8O2.CH4O.2CH4.H2/c1-3-27-18(25)9-28-17-7-12-15(8-16(17)26-2)22-10-23-19(12)24-11-4-5-14(21)13(20)6-11;1-25-14-6-13-10(5-15(14)26-7-16(23)24)17(21-8-20-13)22-9-2-3-12(19)11(18)4-9;5-4-2-1-3-6-4;1-2;;;/h4-8,10H,3,9H2,1-2H3,(H,22,23,24);2-6,8H,7H2,1H3,(H,23,24)(H,20,21,22);4-5H,1-3H2;2H,1H3;2*1H4;1H/i;;;;;;1+1. The number of carboxylic acids is 1. The summed E-state index contributed by atoms with van der Waals surface area (Å²) in [4.78, 5) is 39.1. The number of fused-ring (bicyclic) bond motifs is 2. The molecular weight excluding hydrogens is 885 g/mol. The van der Waals surface area contributed by atoms with Gasteiger partial charge < -0.3 is 54.4 Å². The number of hydrogen-bond acceptors (Lipinski definition) is 16. The zero-order valence-electron chi connectivity index (χ0n) is 33.7. The summed E-state index contributed by atoms with van der Waals surface area (Å²) < 4.78 is 57.6. The fraction of sp³-hybridized carbons (Fsp3) is 0.302. The van der Waals surface area contributed by atoms with E-state index in [0.717, 1.165) is 26.6 Å². The Labute approximate surface area is 379 Å². The molecule has 0 amide bonds. The lowest BCUT2D eigenvalue weighted by Gasteiger charge is -2.13. The Morgan fingerprint density at radius 1 is 0.766 bits per heavy atom. The van der Waals surface area contributed by atoms with E-state index in [-0.39, 0.29) is 45.3 Å². The van der Waals surface area contributed by atoms with Crippen molar-refractivity contribution in [2.24, 2.45) is 0 Å². The Balaban J connectivity index is 0.000000535. The number of nitrogens with one attached hydrogen (secondary N) is 2.